The number of halogens is 2. The third-order valence-corrected chi connectivity index (χ3v) is 5.04. The van der Waals surface area contributed by atoms with E-state index in [1.165, 1.54) is 32.2 Å². The van der Waals surface area contributed by atoms with Gasteiger partial charge in [-0.1, -0.05) is 35.3 Å². The molecule has 1 fully saturated rings. The molecule has 0 aliphatic carbocycles. The second kappa shape index (κ2) is 9.28. The summed E-state index contributed by atoms with van der Waals surface area (Å²) in [6, 6.07) is 8.93. The molecular formula is C21H18Cl2N2O6. The summed E-state index contributed by atoms with van der Waals surface area (Å²) in [6.45, 7) is 1.38. The van der Waals surface area contributed by atoms with Crippen molar-refractivity contribution in [2.75, 3.05) is 7.11 Å². The Labute approximate surface area is 187 Å². The predicted molar refractivity (Wildman–Crippen MR) is 114 cm³/mol. The van der Waals surface area contributed by atoms with Crippen molar-refractivity contribution in [3.63, 3.8) is 0 Å². The van der Waals surface area contributed by atoms with Crippen LogP contribution in [0.1, 0.15) is 18.1 Å². The first kappa shape index (κ1) is 22.5. The third-order valence-electron chi connectivity index (χ3n) is 4.46. The van der Waals surface area contributed by atoms with Crippen molar-refractivity contribution in [2.45, 2.75) is 19.6 Å². The Morgan fingerprint density at radius 3 is 2.58 bits per heavy atom. The molecule has 2 aromatic carbocycles. The quantitative estimate of drug-likeness (QED) is 0.474. The first-order valence-electron chi connectivity index (χ1n) is 9.05. The van der Waals surface area contributed by atoms with Crippen LogP contribution >= 0.6 is 23.2 Å². The van der Waals surface area contributed by atoms with Gasteiger partial charge in [-0.2, -0.15) is 0 Å². The van der Waals surface area contributed by atoms with Gasteiger partial charge in [0.2, 0.25) is 0 Å². The van der Waals surface area contributed by atoms with Crippen LogP contribution in [0.5, 0.6) is 11.5 Å². The first-order chi connectivity index (χ1) is 14.7. The molecule has 8 nitrogen and oxygen atoms in total. The highest BCUT2D eigenvalue weighted by molar-refractivity contribution is 6.35. The lowest BCUT2D eigenvalue weighted by Crippen LogP contribution is -2.30. The molecule has 0 saturated carbocycles. The minimum absolute atomic E-state index is 0.0127. The molecular weight excluding hydrogens is 447 g/mol. The summed E-state index contributed by atoms with van der Waals surface area (Å²) in [7, 11) is 1.41. The molecule has 0 bridgehead atoms. The minimum Gasteiger partial charge on any atom is -0.493 e. The molecule has 0 radical (unpaired) electrons. The number of hydrogen-bond donors (Lipinski definition) is 2. The zero-order valence-electron chi connectivity index (χ0n) is 16.5. The van der Waals surface area contributed by atoms with Crippen LogP contribution in [0.3, 0.4) is 0 Å². The highest BCUT2D eigenvalue weighted by atomic mass is 35.5. The molecule has 2 aromatic rings. The smallest absolute Gasteiger partial charge is 0.344 e. The van der Waals surface area contributed by atoms with Crippen LogP contribution in [-0.2, 0) is 16.1 Å². The minimum atomic E-state index is -1.12. The van der Waals surface area contributed by atoms with Gasteiger partial charge in [0.25, 0.3) is 5.91 Å². The van der Waals surface area contributed by atoms with Crippen LogP contribution in [0, 0.1) is 0 Å². The number of carboxylic acid groups (broad SMARTS) is 1. The van der Waals surface area contributed by atoms with Gasteiger partial charge in [0, 0.05) is 10.0 Å². The van der Waals surface area contributed by atoms with Crippen molar-refractivity contribution in [1.29, 1.82) is 0 Å². The van der Waals surface area contributed by atoms with E-state index in [1.807, 2.05) is 0 Å². The highest BCUT2D eigenvalue weighted by Crippen LogP contribution is 2.30. The maximum atomic E-state index is 12.7. The molecule has 1 aliphatic heterocycles. The van der Waals surface area contributed by atoms with Gasteiger partial charge in [-0.05, 0) is 48.4 Å². The van der Waals surface area contributed by atoms with E-state index >= 15 is 0 Å². The van der Waals surface area contributed by atoms with E-state index in [2.05, 4.69) is 5.32 Å². The van der Waals surface area contributed by atoms with E-state index in [-0.39, 0.29) is 23.7 Å². The molecule has 3 rings (SSSR count). The number of urea groups is 1. The van der Waals surface area contributed by atoms with E-state index in [0.717, 1.165) is 4.90 Å². The van der Waals surface area contributed by atoms with Crippen LogP contribution in [0.25, 0.3) is 6.08 Å². The summed E-state index contributed by atoms with van der Waals surface area (Å²) in [5.74, 6) is -1.12. The van der Waals surface area contributed by atoms with Gasteiger partial charge in [0.1, 0.15) is 5.70 Å². The molecule has 0 unspecified atom stereocenters. The van der Waals surface area contributed by atoms with Crippen LogP contribution in [0.15, 0.2) is 42.1 Å². The number of aliphatic carboxylic acids is 1. The van der Waals surface area contributed by atoms with E-state index < -0.39 is 24.0 Å². The molecule has 0 spiro atoms. The average Bonchev–Trinajstić information content (AvgIpc) is 2.98. The van der Waals surface area contributed by atoms with Crippen molar-refractivity contribution >= 4 is 47.2 Å². The molecule has 1 heterocycles. The van der Waals surface area contributed by atoms with Crippen molar-refractivity contribution in [2.24, 2.45) is 0 Å². The number of carbonyl (C=O) groups excluding carboxylic acids is 2. The zero-order valence-corrected chi connectivity index (χ0v) is 18.0. The van der Waals surface area contributed by atoms with Gasteiger partial charge in [0.05, 0.1) is 13.7 Å². The number of nitrogens with zero attached hydrogens (tertiary/aromatic N) is 1. The summed E-state index contributed by atoms with van der Waals surface area (Å²) in [5.41, 5.74) is 1.19. The first-order valence-corrected chi connectivity index (χ1v) is 9.81. The number of benzene rings is 2. The molecule has 1 saturated heterocycles. The predicted octanol–water partition coefficient (Wildman–Crippen LogP) is 3.95. The summed E-state index contributed by atoms with van der Waals surface area (Å²) in [6.07, 6.45) is 0.415. The van der Waals surface area contributed by atoms with E-state index in [4.69, 9.17) is 37.8 Å². The van der Waals surface area contributed by atoms with Crippen molar-refractivity contribution < 1.29 is 29.0 Å². The molecule has 31 heavy (non-hydrogen) atoms. The number of imide groups is 1. The number of methoxy groups -OCH3 is 1. The van der Waals surface area contributed by atoms with Gasteiger partial charge in [-0.3, -0.25) is 9.69 Å². The van der Waals surface area contributed by atoms with E-state index in [9.17, 15) is 14.4 Å². The SMILES string of the molecule is COc1cc(/C=C2/NC(=O)N(Cc3ccc(Cl)cc3Cl)C2=O)ccc1O[C@H](C)C(=O)O. The lowest BCUT2D eigenvalue weighted by molar-refractivity contribution is -0.144. The Balaban J connectivity index is 1.81. The molecule has 162 valence electrons. The normalized spacial score (nSPS) is 15.7. The van der Waals surface area contributed by atoms with Crippen molar-refractivity contribution in [3.05, 3.63) is 63.3 Å². The molecule has 1 atom stereocenters. The Morgan fingerprint density at radius 2 is 1.94 bits per heavy atom. The summed E-state index contributed by atoms with van der Waals surface area (Å²) in [5, 5.41) is 12.3. The van der Waals surface area contributed by atoms with Gasteiger partial charge in [-0.25, -0.2) is 9.59 Å². The number of rotatable bonds is 7. The number of nitrogens with one attached hydrogen (secondary N) is 1. The third kappa shape index (κ3) is 5.10. The second-order valence-electron chi connectivity index (χ2n) is 6.62. The Bertz CT molecular complexity index is 1090. The molecule has 0 aromatic heterocycles. The summed E-state index contributed by atoms with van der Waals surface area (Å²) < 4.78 is 10.6. The fourth-order valence-electron chi connectivity index (χ4n) is 2.81. The fourth-order valence-corrected chi connectivity index (χ4v) is 3.28. The zero-order chi connectivity index (χ0) is 22.7. The number of amides is 3. The Kier molecular flexibility index (Phi) is 6.72. The number of carbonyl (C=O) groups is 3. The molecule has 2 N–H and O–H groups in total. The van der Waals surface area contributed by atoms with Crippen LogP contribution in [0.4, 0.5) is 4.79 Å². The Hall–Kier alpha value is -3.23. The number of hydrogen-bond acceptors (Lipinski definition) is 5. The van der Waals surface area contributed by atoms with E-state index in [1.54, 1.807) is 24.3 Å². The molecule has 3 amide bonds. The number of ether oxygens (including phenoxy) is 2. The summed E-state index contributed by atoms with van der Waals surface area (Å²) >= 11 is 12.0. The maximum absolute atomic E-state index is 12.7. The fraction of sp³-hybridized carbons (Fsp3) is 0.190. The van der Waals surface area contributed by atoms with Crippen molar-refractivity contribution in [1.82, 2.24) is 10.2 Å². The topological polar surface area (TPSA) is 105 Å². The lowest BCUT2D eigenvalue weighted by atomic mass is 10.1. The average molecular weight is 465 g/mol. The van der Waals surface area contributed by atoms with Gasteiger partial charge >= 0.3 is 12.0 Å². The second-order valence-corrected chi connectivity index (χ2v) is 7.47. The van der Waals surface area contributed by atoms with Crippen molar-refractivity contribution in [3.8, 4) is 11.5 Å². The van der Waals surface area contributed by atoms with Gasteiger partial charge in [-0.15, -0.1) is 0 Å². The number of carboxylic acids is 1. The van der Waals surface area contributed by atoms with Crippen LogP contribution < -0.4 is 14.8 Å². The monoisotopic (exact) mass is 464 g/mol. The van der Waals surface area contributed by atoms with Crippen LogP contribution in [0.2, 0.25) is 10.0 Å². The van der Waals surface area contributed by atoms with Crippen LogP contribution in [-0.4, -0.2) is 41.1 Å². The Morgan fingerprint density at radius 1 is 1.19 bits per heavy atom. The van der Waals surface area contributed by atoms with Gasteiger partial charge in [0.15, 0.2) is 17.6 Å². The van der Waals surface area contributed by atoms with E-state index in [0.29, 0.717) is 21.2 Å². The largest absolute Gasteiger partial charge is 0.493 e. The van der Waals surface area contributed by atoms with Gasteiger partial charge < -0.3 is 19.9 Å². The highest BCUT2D eigenvalue weighted by Gasteiger charge is 2.34. The molecule has 10 heteroatoms. The maximum Gasteiger partial charge on any atom is 0.344 e. The summed E-state index contributed by atoms with van der Waals surface area (Å²) in [4.78, 5) is 37.1. The standard InChI is InChI=1S/C21H18Cl2N2O6/c1-11(20(27)28)31-17-6-3-12(8-18(17)30-2)7-16-19(26)25(21(29)24-16)10-13-4-5-14(22)9-15(13)23/h3-9,11H,10H2,1-2H3,(H,24,29)(H,27,28)/b16-7+/t11-/m1/s1. The molecule has 1 aliphatic rings. The lowest BCUT2D eigenvalue weighted by Gasteiger charge is -2.14.